The fourth-order valence-electron chi connectivity index (χ4n) is 6.09. The summed E-state index contributed by atoms with van der Waals surface area (Å²) in [5, 5.41) is 11.7. The second-order valence-electron chi connectivity index (χ2n) is 8.64. The Morgan fingerprint density at radius 3 is 2.71 bits per heavy atom. The first kappa shape index (κ1) is 17.4. The van der Waals surface area contributed by atoms with Gasteiger partial charge in [-0.2, -0.15) is 0 Å². The van der Waals surface area contributed by atoms with E-state index in [2.05, 4.69) is 0 Å². The number of carbonyl (C=O) groups excluding carboxylic acids is 3. The Labute approximate surface area is 162 Å². The highest BCUT2D eigenvalue weighted by molar-refractivity contribution is 6.11. The van der Waals surface area contributed by atoms with Crippen LogP contribution >= 0.6 is 0 Å². The Morgan fingerprint density at radius 1 is 1.32 bits per heavy atom. The summed E-state index contributed by atoms with van der Waals surface area (Å²) in [6, 6.07) is 5.63. The van der Waals surface area contributed by atoms with Crippen LogP contribution in [0, 0.1) is 11.8 Å². The molecular formula is C21H22N2O5. The molecule has 3 heterocycles. The fraction of sp³-hybridized carbons (Fsp3) is 0.476. The van der Waals surface area contributed by atoms with E-state index in [-0.39, 0.29) is 11.8 Å². The average molecular weight is 382 g/mol. The van der Waals surface area contributed by atoms with E-state index in [1.807, 2.05) is 32.0 Å². The molecule has 0 aromatic heterocycles. The van der Waals surface area contributed by atoms with Crippen molar-refractivity contribution in [3.63, 3.8) is 0 Å². The second-order valence-corrected chi connectivity index (χ2v) is 8.64. The molecule has 0 unspecified atom stereocenters. The largest absolute Gasteiger partial charge is 0.440 e. The van der Waals surface area contributed by atoms with Crippen LogP contribution in [0.5, 0.6) is 0 Å². The molecule has 0 radical (unpaired) electrons. The molecule has 146 valence electrons. The summed E-state index contributed by atoms with van der Waals surface area (Å²) in [5.74, 6) is -2.96. The normalized spacial score (nSPS) is 36.8. The SMILES string of the molecule is C/C=C/C(=O)N1C(C)(C)[C@@H]2Cc3cccc4c3[C@@]3(OC(=O)[C@@]1(O)[C@H]23)C(=O)N4C. The number of benzene rings is 1. The van der Waals surface area contributed by atoms with Gasteiger partial charge in [0.1, 0.15) is 0 Å². The zero-order valence-electron chi connectivity index (χ0n) is 16.2. The minimum Gasteiger partial charge on any atom is -0.440 e. The highest BCUT2D eigenvalue weighted by Crippen LogP contribution is 2.67. The van der Waals surface area contributed by atoms with E-state index in [1.54, 1.807) is 20.0 Å². The van der Waals surface area contributed by atoms with Gasteiger partial charge in [0.15, 0.2) is 0 Å². The van der Waals surface area contributed by atoms with Crippen LogP contribution in [0.2, 0.25) is 0 Å². The van der Waals surface area contributed by atoms with Gasteiger partial charge in [-0.25, -0.2) is 4.79 Å². The predicted octanol–water partition coefficient (Wildman–Crippen LogP) is 1.09. The average Bonchev–Trinajstić information content (AvgIpc) is 3.08. The maximum absolute atomic E-state index is 13.4. The third-order valence-electron chi connectivity index (χ3n) is 7.11. The molecule has 4 atom stereocenters. The zero-order chi connectivity index (χ0) is 20.2. The molecule has 1 aromatic rings. The number of rotatable bonds is 1. The summed E-state index contributed by atoms with van der Waals surface area (Å²) in [7, 11) is 1.65. The number of carbonyl (C=O) groups is 3. The maximum atomic E-state index is 13.4. The van der Waals surface area contributed by atoms with Crippen molar-refractivity contribution in [2.45, 2.75) is 44.1 Å². The van der Waals surface area contributed by atoms with Crippen LogP contribution in [0.15, 0.2) is 30.4 Å². The molecule has 5 rings (SSSR count). The summed E-state index contributed by atoms with van der Waals surface area (Å²) in [4.78, 5) is 42.2. The number of ether oxygens (including phenoxy) is 1. The summed E-state index contributed by atoms with van der Waals surface area (Å²) >= 11 is 0. The molecule has 1 spiro atoms. The Kier molecular flexibility index (Phi) is 3.01. The van der Waals surface area contributed by atoms with E-state index in [4.69, 9.17) is 4.74 Å². The fourth-order valence-corrected chi connectivity index (χ4v) is 6.09. The molecule has 3 aliphatic heterocycles. The summed E-state index contributed by atoms with van der Waals surface area (Å²) < 4.78 is 5.75. The van der Waals surface area contributed by atoms with Crippen molar-refractivity contribution < 1.29 is 24.2 Å². The molecule has 2 amide bonds. The van der Waals surface area contributed by atoms with Gasteiger partial charge >= 0.3 is 5.97 Å². The smallest absolute Gasteiger partial charge is 0.361 e. The predicted molar refractivity (Wildman–Crippen MR) is 99.0 cm³/mol. The van der Waals surface area contributed by atoms with Gasteiger partial charge in [0.05, 0.1) is 11.6 Å². The monoisotopic (exact) mass is 382 g/mol. The van der Waals surface area contributed by atoms with Gasteiger partial charge in [0, 0.05) is 18.2 Å². The summed E-state index contributed by atoms with van der Waals surface area (Å²) in [6.45, 7) is 5.38. The molecule has 2 fully saturated rings. The molecule has 0 saturated carbocycles. The van der Waals surface area contributed by atoms with E-state index >= 15 is 0 Å². The van der Waals surface area contributed by atoms with Crippen LogP contribution in [0.3, 0.4) is 0 Å². The lowest BCUT2D eigenvalue weighted by Crippen LogP contribution is -2.59. The summed E-state index contributed by atoms with van der Waals surface area (Å²) in [6.07, 6.45) is 3.44. The van der Waals surface area contributed by atoms with Crippen molar-refractivity contribution in [3.05, 3.63) is 41.5 Å². The van der Waals surface area contributed by atoms with Gasteiger partial charge in [-0.15, -0.1) is 0 Å². The molecular weight excluding hydrogens is 360 g/mol. The summed E-state index contributed by atoms with van der Waals surface area (Å²) in [5.41, 5.74) is -2.36. The number of esters is 1. The van der Waals surface area contributed by atoms with E-state index in [9.17, 15) is 19.5 Å². The standard InChI is InChI=1S/C21H22N2O5/c1-5-7-14(24)23-19(2,3)12-10-11-8-6-9-13-15(11)20(17(25)22(13)4)16(12)21(23,27)18(26)28-20/h5-9,12,16,27H,10H2,1-4H3/b7-5+/t12-,16-,20+,21+/m1/s1. The van der Waals surface area contributed by atoms with Crippen LogP contribution in [-0.2, 0) is 31.1 Å². The first-order valence-corrected chi connectivity index (χ1v) is 9.46. The number of anilines is 1. The third kappa shape index (κ3) is 1.53. The molecule has 4 aliphatic rings. The second kappa shape index (κ2) is 4.84. The number of aliphatic hydroxyl groups is 1. The highest BCUT2D eigenvalue weighted by atomic mass is 16.6. The van der Waals surface area contributed by atoms with Gasteiger partial charge in [0.25, 0.3) is 5.91 Å². The Balaban J connectivity index is 1.84. The Morgan fingerprint density at radius 2 is 2.04 bits per heavy atom. The number of amides is 2. The van der Waals surface area contributed by atoms with Crippen molar-refractivity contribution in [1.29, 1.82) is 0 Å². The number of hydrogen-bond donors (Lipinski definition) is 1. The molecule has 1 aromatic carbocycles. The first-order chi connectivity index (χ1) is 13.1. The van der Waals surface area contributed by atoms with Gasteiger partial charge in [-0.3, -0.25) is 14.5 Å². The van der Waals surface area contributed by atoms with Crippen molar-refractivity contribution >= 4 is 23.5 Å². The van der Waals surface area contributed by atoms with E-state index in [0.29, 0.717) is 17.7 Å². The van der Waals surface area contributed by atoms with Gasteiger partial charge < -0.3 is 14.7 Å². The Bertz CT molecular complexity index is 999. The molecule has 7 heteroatoms. The van der Waals surface area contributed by atoms with Crippen LogP contribution in [0.25, 0.3) is 0 Å². The molecule has 1 N–H and O–H groups in total. The van der Waals surface area contributed by atoms with E-state index in [0.717, 1.165) is 5.56 Å². The van der Waals surface area contributed by atoms with Crippen LogP contribution in [-0.4, -0.2) is 46.1 Å². The van der Waals surface area contributed by atoms with Crippen LogP contribution < -0.4 is 4.90 Å². The zero-order valence-corrected chi connectivity index (χ0v) is 16.2. The van der Waals surface area contributed by atoms with Crippen molar-refractivity contribution in [2.24, 2.45) is 11.8 Å². The van der Waals surface area contributed by atoms with Crippen LogP contribution in [0.1, 0.15) is 31.9 Å². The number of likely N-dealkylation sites (N-methyl/N-ethyl adjacent to an activating group) is 1. The lowest BCUT2D eigenvalue weighted by molar-refractivity contribution is -0.183. The topological polar surface area (TPSA) is 87.1 Å². The molecule has 2 saturated heterocycles. The lowest BCUT2D eigenvalue weighted by atomic mass is 9.62. The van der Waals surface area contributed by atoms with Crippen molar-refractivity contribution in [2.75, 3.05) is 11.9 Å². The maximum Gasteiger partial charge on any atom is 0.361 e. The number of likely N-dealkylation sites (tertiary alicyclic amines) is 1. The van der Waals surface area contributed by atoms with Gasteiger partial charge in [0.2, 0.25) is 17.2 Å². The van der Waals surface area contributed by atoms with E-state index in [1.165, 1.54) is 15.9 Å². The molecule has 7 nitrogen and oxygen atoms in total. The highest BCUT2D eigenvalue weighted by Gasteiger charge is 2.83. The van der Waals surface area contributed by atoms with E-state index < -0.39 is 34.7 Å². The molecule has 0 bridgehead atoms. The van der Waals surface area contributed by atoms with Crippen molar-refractivity contribution in [1.82, 2.24) is 4.90 Å². The van der Waals surface area contributed by atoms with Gasteiger partial charge in [-0.05, 0) is 50.8 Å². The number of hydrogen-bond acceptors (Lipinski definition) is 5. The van der Waals surface area contributed by atoms with Crippen molar-refractivity contribution in [3.8, 4) is 0 Å². The Hall–Kier alpha value is -2.67. The number of nitrogens with zero attached hydrogens (tertiary/aromatic N) is 2. The van der Waals surface area contributed by atoms with Crippen LogP contribution in [0.4, 0.5) is 5.69 Å². The third-order valence-corrected chi connectivity index (χ3v) is 7.11. The first-order valence-electron chi connectivity index (χ1n) is 9.46. The lowest BCUT2D eigenvalue weighted by Gasteiger charge is -2.42. The minimum atomic E-state index is -2.18. The number of allylic oxidation sites excluding steroid dienone is 1. The molecule has 1 aliphatic carbocycles. The minimum absolute atomic E-state index is 0.323. The van der Waals surface area contributed by atoms with Gasteiger partial charge in [-0.1, -0.05) is 18.2 Å². The quantitative estimate of drug-likeness (QED) is 0.580. The molecule has 28 heavy (non-hydrogen) atoms.